The molecule has 1 saturated carbocycles. The zero-order valence-electron chi connectivity index (χ0n) is 13.3. The van der Waals surface area contributed by atoms with Gasteiger partial charge in [0.05, 0.1) is 0 Å². The lowest BCUT2D eigenvalue weighted by Gasteiger charge is -2.43. The normalized spacial score (nSPS) is 30.9. The summed E-state index contributed by atoms with van der Waals surface area (Å²) in [5, 5.41) is 3.83. The van der Waals surface area contributed by atoms with Crippen LogP contribution < -0.4 is 5.32 Å². The van der Waals surface area contributed by atoms with Gasteiger partial charge in [-0.2, -0.15) is 0 Å². The van der Waals surface area contributed by atoms with Gasteiger partial charge >= 0.3 is 0 Å². The van der Waals surface area contributed by atoms with Crippen molar-refractivity contribution in [1.29, 1.82) is 0 Å². The summed E-state index contributed by atoms with van der Waals surface area (Å²) in [6.07, 6.45) is 10.1. The Hall–Kier alpha value is -0.0800. The van der Waals surface area contributed by atoms with E-state index in [9.17, 15) is 0 Å². The van der Waals surface area contributed by atoms with Crippen molar-refractivity contribution in [2.24, 2.45) is 11.8 Å². The molecule has 0 amide bonds. The standard InChI is InChI=1S/C17H34N2/c1-14(2)8-7-11-19-13-17(18-12-15(19)3)16-9-5-4-6-10-16/h14-18H,4-13H2,1-3H3. The fraction of sp³-hybridized carbons (Fsp3) is 1.00. The second-order valence-electron chi connectivity index (χ2n) is 7.29. The maximum absolute atomic E-state index is 3.83. The lowest BCUT2D eigenvalue weighted by atomic mass is 9.82. The van der Waals surface area contributed by atoms with E-state index in [1.54, 1.807) is 0 Å². The number of nitrogens with one attached hydrogen (secondary N) is 1. The minimum absolute atomic E-state index is 0.729. The van der Waals surface area contributed by atoms with Crippen molar-refractivity contribution >= 4 is 0 Å². The highest BCUT2D eigenvalue weighted by atomic mass is 15.2. The van der Waals surface area contributed by atoms with Crippen LogP contribution in [0.5, 0.6) is 0 Å². The molecule has 0 spiro atoms. The summed E-state index contributed by atoms with van der Waals surface area (Å²) in [4.78, 5) is 2.75. The maximum Gasteiger partial charge on any atom is 0.0224 e. The van der Waals surface area contributed by atoms with Gasteiger partial charge in [0.2, 0.25) is 0 Å². The van der Waals surface area contributed by atoms with Crippen molar-refractivity contribution in [2.75, 3.05) is 19.6 Å². The first kappa shape index (κ1) is 15.3. The molecule has 2 atom stereocenters. The van der Waals surface area contributed by atoms with Crippen molar-refractivity contribution in [2.45, 2.75) is 77.8 Å². The zero-order chi connectivity index (χ0) is 13.7. The lowest BCUT2D eigenvalue weighted by Crippen LogP contribution is -2.58. The van der Waals surface area contributed by atoms with Crippen LogP contribution >= 0.6 is 0 Å². The largest absolute Gasteiger partial charge is 0.311 e. The highest BCUT2D eigenvalue weighted by molar-refractivity contribution is 4.89. The van der Waals surface area contributed by atoms with Gasteiger partial charge in [0.15, 0.2) is 0 Å². The Labute approximate surface area is 120 Å². The average molecular weight is 266 g/mol. The Balaban J connectivity index is 1.77. The molecule has 112 valence electrons. The van der Waals surface area contributed by atoms with Gasteiger partial charge in [-0.05, 0) is 51.0 Å². The van der Waals surface area contributed by atoms with E-state index in [0.717, 1.165) is 23.9 Å². The molecular weight excluding hydrogens is 232 g/mol. The summed E-state index contributed by atoms with van der Waals surface area (Å²) in [6, 6.07) is 1.50. The Morgan fingerprint density at radius 1 is 1.16 bits per heavy atom. The highest BCUT2D eigenvalue weighted by Crippen LogP contribution is 2.28. The minimum Gasteiger partial charge on any atom is -0.311 e. The third-order valence-corrected chi connectivity index (χ3v) is 5.18. The Morgan fingerprint density at radius 3 is 2.58 bits per heavy atom. The van der Waals surface area contributed by atoms with Gasteiger partial charge < -0.3 is 5.32 Å². The van der Waals surface area contributed by atoms with Gasteiger partial charge in [-0.1, -0.05) is 33.1 Å². The van der Waals surface area contributed by atoms with Crippen LogP contribution in [0.15, 0.2) is 0 Å². The fourth-order valence-electron chi connectivity index (χ4n) is 3.81. The Kier molecular flexibility index (Phi) is 6.15. The molecule has 19 heavy (non-hydrogen) atoms. The van der Waals surface area contributed by atoms with Crippen LogP contribution in [0, 0.1) is 11.8 Å². The van der Waals surface area contributed by atoms with Gasteiger partial charge in [-0.3, -0.25) is 4.90 Å². The van der Waals surface area contributed by atoms with E-state index in [1.165, 1.54) is 64.6 Å². The van der Waals surface area contributed by atoms with Gasteiger partial charge in [0.25, 0.3) is 0 Å². The average Bonchev–Trinajstić information content (AvgIpc) is 2.41. The predicted molar refractivity (Wildman–Crippen MR) is 83.5 cm³/mol. The minimum atomic E-state index is 0.729. The monoisotopic (exact) mass is 266 g/mol. The summed E-state index contributed by atoms with van der Waals surface area (Å²) < 4.78 is 0. The van der Waals surface area contributed by atoms with Crippen LogP contribution in [0.1, 0.15) is 65.7 Å². The van der Waals surface area contributed by atoms with Crippen LogP contribution in [0.25, 0.3) is 0 Å². The third kappa shape index (κ3) is 4.75. The van der Waals surface area contributed by atoms with Crippen molar-refractivity contribution in [3.05, 3.63) is 0 Å². The first-order valence-corrected chi connectivity index (χ1v) is 8.64. The van der Waals surface area contributed by atoms with Crippen LogP contribution in [-0.2, 0) is 0 Å². The smallest absolute Gasteiger partial charge is 0.0224 e. The topological polar surface area (TPSA) is 15.3 Å². The molecule has 0 aromatic rings. The van der Waals surface area contributed by atoms with Crippen LogP contribution in [0.4, 0.5) is 0 Å². The third-order valence-electron chi connectivity index (χ3n) is 5.18. The number of hydrogen-bond acceptors (Lipinski definition) is 2. The summed E-state index contributed by atoms with van der Waals surface area (Å²) in [6.45, 7) is 10.9. The molecule has 2 rings (SSSR count). The first-order chi connectivity index (χ1) is 9.16. The summed E-state index contributed by atoms with van der Waals surface area (Å²) in [7, 11) is 0. The molecule has 0 aromatic carbocycles. The molecule has 0 bridgehead atoms. The molecule has 0 aromatic heterocycles. The van der Waals surface area contributed by atoms with E-state index in [2.05, 4.69) is 31.0 Å². The first-order valence-electron chi connectivity index (χ1n) is 8.64. The molecular formula is C17H34N2. The molecule has 1 N–H and O–H groups in total. The van der Waals surface area contributed by atoms with Gasteiger partial charge in [-0.25, -0.2) is 0 Å². The zero-order valence-corrected chi connectivity index (χ0v) is 13.3. The number of nitrogens with zero attached hydrogens (tertiary/aromatic N) is 1. The van der Waals surface area contributed by atoms with E-state index in [0.29, 0.717) is 0 Å². The van der Waals surface area contributed by atoms with Crippen molar-refractivity contribution in [3.63, 3.8) is 0 Å². The second kappa shape index (κ2) is 7.64. The van der Waals surface area contributed by atoms with Gasteiger partial charge in [-0.15, -0.1) is 0 Å². The van der Waals surface area contributed by atoms with Gasteiger partial charge in [0, 0.05) is 25.2 Å². The van der Waals surface area contributed by atoms with Crippen molar-refractivity contribution in [1.82, 2.24) is 10.2 Å². The maximum atomic E-state index is 3.83. The SMILES string of the molecule is CC(C)CCCN1CC(C2CCCCC2)NCC1C. The molecule has 1 aliphatic heterocycles. The summed E-state index contributed by atoms with van der Waals surface area (Å²) in [5.74, 6) is 1.81. The van der Waals surface area contributed by atoms with Crippen LogP contribution in [0.2, 0.25) is 0 Å². The molecule has 2 unspecified atom stereocenters. The molecule has 2 aliphatic rings. The Bertz CT molecular complexity index is 246. The lowest BCUT2D eigenvalue weighted by molar-refractivity contribution is 0.102. The second-order valence-corrected chi connectivity index (χ2v) is 7.29. The summed E-state index contributed by atoms with van der Waals surface area (Å²) in [5.41, 5.74) is 0. The molecule has 0 radical (unpaired) electrons. The van der Waals surface area contributed by atoms with E-state index >= 15 is 0 Å². The molecule has 2 nitrogen and oxygen atoms in total. The fourth-order valence-corrected chi connectivity index (χ4v) is 3.81. The highest BCUT2D eigenvalue weighted by Gasteiger charge is 2.30. The van der Waals surface area contributed by atoms with E-state index < -0.39 is 0 Å². The number of hydrogen-bond donors (Lipinski definition) is 1. The molecule has 1 heterocycles. The van der Waals surface area contributed by atoms with E-state index in [1.807, 2.05) is 0 Å². The molecule has 2 heteroatoms. The van der Waals surface area contributed by atoms with Crippen LogP contribution in [0.3, 0.4) is 0 Å². The summed E-state index contributed by atoms with van der Waals surface area (Å²) >= 11 is 0. The number of rotatable bonds is 5. The molecule has 2 fully saturated rings. The van der Waals surface area contributed by atoms with E-state index in [-0.39, 0.29) is 0 Å². The Morgan fingerprint density at radius 2 is 1.89 bits per heavy atom. The molecule has 1 saturated heterocycles. The quantitative estimate of drug-likeness (QED) is 0.817. The van der Waals surface area contributed by atoms with Crippen LogP contribution in [-0.4, -0.2) is 36.6 Å². The van der Waals surface area contributed by atoms with Crippen molar-refractivity contribution < 1.29 is 0 Å². The van der Waals surface area contributed by atoms with E-state index in [4.69, 9.17) is 0 Å². The number of piperazine rings is 1. The van der Waals surface area contributed by atoms with Crippen molar-refractivity contribution in [3.8, 4) is 0 Å². The van der Waals surface area contributed by atoms with Gasteiger partial charge in [0.1, 0.15) is 0 Å². The predicted octanol–water partition coefficient (Wildman–Crippen LogP) is 3.67. The molecule has 1 aliphatic carbocycles.